The standard InChI is InChI=1S/C14H16N2O2S/c1-2-6-15-14(17)11-4-3-5-13(7-11)18-8-12-9-19-10-16-12/h3-5,7,9-10H,2,6,8H2,1H3,(H,15,17). The fraction of sp³-hybridized carbons (Fsp3) is 0.286. The average Bonchev–Trinajstić information content (AvgIpc) is 2.96. The summed E-state index contributed by atoms with van der Waals surface area (Å²) in [6.45, 7) is 3.12. The Bertz CT molecular complexity index is 526. The van der Waals surface area contributed by atoms with Crippen LogP contribution in [0.2, 0.25) is 0 Å². The summed E-state index contributed by atoms with van der Waals surface area (Å²) in [5.41, 5.74) is 3.28. The molecule has 0 saturated carbocycles. The van der Waals surface area contributed by atoms with Gasteiger partial charge in [-0.3, -0.25) is 4.79 Å². The summed E-state index contributed by atoms with van der Waals surface area (Å²) in [6, 6.07) is 7.18. The van der Waals surface area contributed by atoms with Gasteiger partial charge < -0.3 is 10.1 Å². The Morgan fingerprint density at radius 3 is 3.11 bits per heavy atom. The van der Waals surface area contributed by atoms with Crippen LogP contribution in [-0.4, -0.2) is 17.4 Å². The SMILES string of the molecule is CCCNC(=O)c1cccc(OCc2cscn2)c1. The number of carbonyl (C=O) groups excluding carboxylic acids is 1. The molecule has 0 spiro atoms. The number of aromatic nitrogens is 1. The number of benzene rings is 1. The Kier molecular flexibility index (Phi) is 4.92. The van der Waals surface area contributed by atoms with Gasteiger partial charge in [-0.15, -0.1) is 11.3 Å². The molecule has 0 unspecified atom stereocenters. The molecular weight excluding hydrogens is 260 g/mol. The third-order valence-electron chi connectivity index (χ3n) is 2.50. The first kappa shape index (κ1) is 13.5. The van der Waals surface area contributed by atoms with Crippen LogP contribution in [0.5, 0.6) is 5.75 Å². The lowest BCUT2D eigenvalue weighted by Crippen LogP contribution is -2.23. The van der Waals surface area contributed by atoms with Crippen molar-refractivity contribution in [3.8, 4) is 5.75 Å². The molecule has 1 heterocycles. The van der Waals surface area contributed by atoms with Crippen LogP contribution in [0.1, 0.15) is 29.4 Å². The van der Waals surface area contributed by atoms with Crippen LogP contribution in [0.4, 0.5) is 0 Å². The van der Waals surface area contributed by atoms with Crippen LogP contribution in [-0.2, 0) is 6.61 Å². The van der Waals surface area contributed by atoms with E-state index >= 15 is 0 Å². The molecule has 0 aliphatic heterocycles. The molecule has 1 N–H and O–H groups in total. The lowest BCUT2D eigenvalue weighted by atomic mass is 10.2. The highest BCUT2D eigenvalue weighted by Crippen LogP contribution is 2.15. The van der Waals surface area contributed by atoms with Gasteiger partial charge >= 0.3 is 0 Å². The molecule has 0 fully saturated rings. The van der Waals surface area contributed by atoms with E-state index in [-0.39, 0.29) is 5.91 Å². The van der Waals surface area contributed by atoms with Crippen molar-refractivity contribution in [2.24, 2.45) is 0 Å². The predicted octanol–water partition coefficient (Wildman–Crippen LogP) is 2.86. The van der Waals surface area contributed by atoms with E-state index in [0.29, 0.717) is 24.5 Å². The Hall–Kier alpha value is -1.88. The monoisotopic (exact) mass is 276 g/mol. The molecule has 0 radical (unpaired) electrons. The van der Waals surface area contributed by atoms with Crippen molar-refractivity contribution in [2.45, 2.75) is 20.0 Å². The first-order valence-corrected chi connectivity index (χ1v) is 7.12. The number of hydrogen-bond donors (Lipinski definition) is 1. The van der Waals surface area contributed by atoms with Crippen LogP contribution >= 0.6 is 11.3 Å². The quantitative estimate of drug-likeness (QED) is 0.882. The summed E-state index contributed by atoms with van der Waals surface area (Å²) in [7, 11) is 0. The average molecular weight is 276 g/mol. The minimum atomic E-state index is -0.0686. The molecule has 0 atom stereocenters. The van der Waals surface area contributed by atoms with E-state index in [0.717, 1.165) is 12.1 Å². The first-order chi connectivity index (χ1) is 9.29. The van der Waals surface area contributed by atoms with Gasteiger partial charge in [0, 0.05) is 17.5 Å². The lowest BCUT2D eigenvalue weighted by molar-refractivity contribution is 0.0953. The first-order valence-electron chi connectivity index (χ1n) is 6.17. The fourth-order valence-electron chi connectivity index (χ4n) is 1.53. The molecule has 5 heteroatoms. The number of amides is 1. The van der Waals surface area contributed by atoms with Crippen molar-refractivity contribution >= 4 is 17.2 Å². The molecule has 1 aromatic carbocycles. The number of nitrogens with zero attached hydrogens (tertiary/aromatic N) is 1. The Labute approximate surface area is 116 Å². The van der Waals surface area contributed by atoms with E-state index in [1.165, 1.54) is 11.3 Å². The van der Waals surface area contributed by atoms with Crippen LogP contribution in [0, 0.1) is 0 Å². The minimum Gasteiger partial charge on any atom is -0.487 e. The molecule has 1 aromatic heterocycles. The van der Waals surface area contributed by atoms with Crippen molar-refractivity contribution < 1.29 is 9.53 Å². The van der Waals surface area contributed by atoms with E-state index in [1.54, 1.807) is 17.6 Å². The number of rotatable bonds is 6. The van der Waals surface area contributed by atoms with Crippen molar-refractivity contribution in [1.29, 1.82) is 0 Å². The summed E-state index contributed by atoms with van der Waals surface area (Å²) in [5, 5.41) is 4.78. The van der Waals surface area contributed by atoms with Crippen LogP contribution < -0.4 is 10.1 Å². The molecular formula is C14H16N2O2S. The van der Waals surface area contributed by atoms with Gasteiger partial charge in [0.2, 0.25) is 0 Å². The van der Waals surface area contributed by atoms with Gasteiger partial charge in [-0.1, -0.05) is 13.0 Å². The zero-order valence-corrected chi connectivity index (χ0v) is 11.6. The molecule has 4 nitrogen and oxygen atoms in total. The van der Waals surface area contributed by atoms with Gasteiger partial charge in [-0.2, -0.15) is 0 Å². The zero-order chi connectivity index (χ0) is 13.5. The van der Waals surface area contributed by atoms with Crippen molar-refractivity contribution in [3.05, 3.63) is 46.4 Å². The Morgan fingerprint density at radius 2 is 2.37 bits per heavy atom. The zero-order valence-electron chi connectivity index (χ0n) is 10.8. The topological polar surface area (TPSA) is 51.2 Å². The maximum Gasteiger partial charge on any atom is 0.251 e. The highest BCUT2D eigenvalue weighted by atomic mass is 32.1. The van der Waals surface area contributed by atoms with Crippen molar-refractivity contribution in [2.75, 3.05) is 6.54 Å². The van der Waals surface area contributed by atoms with E-state index in [1.807, 2.05) is 24.4 Å². The summed E-state index contributed by atoms with van der Waals surface area (Å²) in [4.78, 5) is 16.0. The number of ether oxygens (including phenoxy) is 1. The van der Waals surface area contributed by atoms with Gasteiger partial charge in [-0.05, 0) is 24.6 Å². The number of nitrogens with one attached hydrogen (secondary N) is 1. The van der Waals surface area contributed by atoms with E-state index in [4.69, 9.17) is 4.74 Å². The lowest BCUT2D eigenvalue weighted by Gasteiger charge is -2.07. The summed E-state index contributed by atoms with van der Waals surface area (Å²) in [6.07, 6.45) is 0.922. The van der Waals surface area contributed by atoms with Gasteiger partial charge in [0.05, 0.1) is 11.2 Å². The third kappa shape index (κ3) is 4.06. The smallest absolute Gasteiger partial charge is 0.251 e. The van der Waals surface area contributed by atoms with E-state index in [2.05, 4.69) is 10.3 Å². The highest BCUT2D eigenvalue weighted by Gasteiger charge is 2.06. The highest BCUT2D eigenvalue weighted by molar-refractivity contribution is 7.07. The van der Waals surface area contributed by atoms with Crippen LogP contribution in [0.15, 0.2) is 35.2 Å². The second-order valence-corrected chi connectivity index (χ2v) is 4.77. The molecule has 2 aromatic rings. The number of thiazole rings is 1. The maximum atomic E-state index is 11.8. The molecule has 0 bridgehead atoms. The molecule has 1 amide bonds. The van der Waals surface area contributed by atoms with Crippen molar-refractivity contribution in [3.63, 3.8) is 0 Å². The number of carbonyl (C=O) groups is 1. The maximum absolute atomic E-state index is 11.8. The van der Waals surface area contributed by atoms with Gasteiger partial charge in [0.15, 0.2) is 0 Å². The molecule has 2 rings (SSSR count). The molecule has 100 valence electrons. The third-order valence-corrected chi connectivity index (χ3v) is 3.14. The number of hydrogen-bond acceptors (Lipinski definition) is 4. The van der Waals surface area contributed by atoms with E-state index < -0.39 is 0 Å². The van der Waals surface area contributed by atoms with Crippen LogP contribution in [0.25, 0.3) is 0 Å². The van der Waals surface area contributed by atoms with E-state index in [9.17, 15) is 4.79 Å². The normalized spacial score (nSPS) is 10.2. The van der Waals surface area contributed by atoms with Crippen molar-refractivity contribution in [1.82, 2.24) is 10.3 Å². The summed E-state index contributed by atoms with van der Waals surface area (Å²) < 4.78 is 5.61. The molecule has 0 aliphatic carbocycles. The Morgan fingerprint density at radius 1 is 1.47 bits per heavy atom. The van der Waals surface area contributed by atoms with Gasteiger partial charge in [0.25, 0.3) is 5.91 Å². The summed E-state index contributed by atoms with van der Waals surface area (Å²) >= 11 is 1.54. The second kappa shape index (κ2) is 6.89. The second-order valence-electron chi connectivity index (χ2n) is 4.05. The summed E-state index contributed by atoms with van der Waals surface area (Å²) in [5.74, 6) is 0.609. The van der Waals surface area contributed by atoms with Crippen LogP contribution in [0.3, 0.4) is 0 Å². The molecule has 19 heavy (non-hydrogen) atoms. The van der Waals surface area contributed by atoms with Gasteiger partial charge in [-0.25, -0.2) is 4.98 Å². The molecule has 0 saturated heterocycles. The predicted molar refractivity (Wildman–Crippen MR) is 75.5 cm³/mol. The van der Waals surface area contributed by atoms with Gasteiger partial charge in [0.1, 0.15) is 12.4 Å². The Balaban J connectivity index is 1.96. The molecule has 0 aliphatic rings. The fourth-order valence-corrected chi connectivity index (χ4v) is 2.08. The minimum absolute atomic E-state index is 0.0686. The largest absolute Gasteiger partial charge is 0.487 e.